The summed E-state index contributed by atoms with van der Waals surface area (Å²) in [5.41, 5.74) is -0.848. The largest absolute Gasteiger partial charge is 0.493 e. The smallest absolute Gasteiger partial charge is 0.200 e. The zero-order valence-electron chi connectivity index (χ0n) is 9.66. The maximum absolute atomic E-state index is 13.2. The molecular formula is C12H6F2N4O. The third-order valence-electron chi connectivity index (χ3n) is 2.07. The molecule has 0 saturated heterocycles. The minimum absolute atomic E-state index is 0.0182. The van der Waals surface area contributed by atoms with Gasteiger partial charge in [0.1, 0.15) is 23.9 Å². The Labute approximate surface area is 107 Å². The number of anilines is 1. The van der Waals surface area contributed by atoms with Gasteiger partial charge in [-0.2, -0.15) is 20.2 Å². The van der Waals surface area contributed by atoms with E-state index in [1.165, 1.54) is 12.1 Å². The molecule has 0 bridgehead atoms. The van der Waals surface area contributed by atoms with Crippen LogP contribution >= 0.6 is 0 Å². The van der Waals surface area contributed by atoms with Crippen molar-refractivity contribution in [1.29, 1.82) is 15.8 Å². The summed E-state index contributed by atoms with van der Waals surface area (Å²) >= 11 is 0. The molecule has 1 N–H and O–H groups in total. The highest BCUT2D eigenvalue weighted by Crippen LogP contribution is 2.25. The van der Waals surface area contributed by atoms with Crippen LogP contribution in [0.1, 0.15) is 0 Å². The highest BCUT2D eigenvalue weighted by molar-refractivity contribution is 5.60. The zero-order chi connectivity index (χ0) is 14.4. The van der Waals surface area contributed by atoms with Gasteiger partial charge >= 0.3 is 0 Å². The first-order valence-electron chi connectivity index (χ1n) is 4.82. The van der Waals surface area contributed by atoms with Crippen LogP contribution in [0.15, 0.2) is 23.4 Å². The maximum Gasteiger partial charge on any atom is 0.200 e. The van der Waals surface area contributed by atoms with Crippen LogP contribution in [0.4, 0.5) is 14.5 Å². The summed E-state index contributed by atoms with van der Waals surface area (Å²) in [6, 6.07) is 6.49. The Balaban J connectivity index is 3.25. The normalized spacial score (nSPS) is 8.63. The molecule has 1 aromatic carbocycles. The fourth-order valence-corrected chi connectivity index (χ4v) is 1.21. The van der Waals surface area contributed by atoms with Gasteiger partial charge in [0.05, 0.1) is 7.11 Å². The van der Waals surface area contributed by atoms with Crippen molar-refractivity contribution in [2.75, 3.05) is 12.4 Å². The Morgan fingerprint density at radius 3 is 2.26 bits per heavy atom. The molecule has 0 atom stereocenters. The molecule has 0 aliphatic heterocycles. The molecule has 0 heterocycles. The van der Waals surface area contributed by atoms with E-state index in [0.29, 0.717) is 0 Å². The van der Waals surface area contributed by atoms with Crippen molar-refractivity contribution in [2.24, 2.45) is 0 Å². The molecule has 0 unspecified atom stereocenters. The third-order valence-corrected chi connectivity index (χ3v) is 2.07. The number of hydrogen-bond acceptors (Lipinski definition) is 5. The number of methoxy groups -OCH3 is 1. The second kappa shape index (κ2) is 6.00. The second-order valence-corrected chi connectivity index (χ2v) is 3.18. The van der Waals surface area contributed by atoms with E-state index in [2.05, 4.69) is 10.1 Å². The van der Waals surface area contributed by atoms with Crippen LogP contribution in [-0.2, 0) is 0 Å². The lowest BCUT2D eigenvalue weighted by Crippen LogP contribution is -2.02. The van der Waals surface area contributed by atoms with Gasteiger partial charge in [0.15, 0.2) is 17.1 Å². The van der Waals surface area contributed by atoms with E-state index in [-0.39, 0.29) is 17.1 Å². The number of halogens is 2. The number of benzene rings is 1. The van der Waals surface area contributed by atoms with Crippen molar-refractivity contribution in [3.05, 3.63) is 35.0 Å². The fraction of sp³-hybridized carbons (Fsp3) is 0.0833. The second-order valence-electron chi connectivity index (χ2n) is 3.18. The highest BCUT2D eigenvalue weighted by atomic mass is 19.2. The molecule has 0 aliphatic carbocycles. The van der Waals surface area contributed by atoms with Gasteiger partial charge in [-0.3, -0.25) is 0 Å². The van der Waals surface area contributed by atoms with E-state index >= 15 is 0 Å². The number of ether oxygens (including phenoxy) is 1. The lowest BCUT2D eigenvalue weighted by atomic mass is 10.2. The number of nitrogens with zero attached hydrogens (tertiary/aromatic N) is 3. The Kier molecular flexibility index (Phi) is 4.40. The number of nitrogens with one attached hydrogen (secondary N) is 1. The molecule has 19 heavy (non-hydrogen) atoms. The van der Waals surface area contributed by atoms with E-state index in [9.17, 15) is 8.78 Å². The van der Waals surface area contributed by atoms with Crippen LogP contribution in [0.3, 0.4) is 0 Å². The van der Waals surface area contributed by atoms with Gasteiger partial charge in [0.2, 0.25) is 5.82 Å². The van der Waals surface area contributed by atoms with Crippen LogP contribution in [0.2, 0.25) is 0 Å². The summed E-state index contributed by atoms with van der Waals surface area (Å²) in [6.07, 6.45) is 0. The number of nitriles is 3. The Bertz CT molecular complexity index is 646. The van der Waals surface area contributed by atoms with Crippen molar-refractivity contribution < 1.29 is 13.5 Å². The van der Waals surface area contributed by atoms with Gasteiger partial charge in [-0.1, -0.05) is 0 Å². The number of rotatable bonds is 3. The summed E-state index contributed by atoms with van der Waals surface area (Å²) in [4.78, 5) is 0. The van der Waals surface area contributed by atoms with Gasteiger partial charge in [-0.25, -0.2) is 4.39 Å². The standard InChI is InChI=1S/C12H6F2N4O/c1-19-11-3-8(2-9(13)12(11)14)18-10(6-17)7(4-15)5-16/h2-3,18H,1H3. The molecule has 1 rings (SSSR count). The van der Waals surface area contributed by atoms with E-state index in [1.54, 1.807) is 6.07 Å². The first kappa shape index (κ1) is 14.0. The molecule has 0 aliphatic rings. The quantitative estimate of drug-likeness (QED) is 0.841. The topological polar surface area (TPSA) is 92.6 Å². The minimum Gasteiger partial charge on any atom is -0.493 e. The van der Waals surface area contributed by atoms with E-state index in [0.717, 1.165) is 19.2 Å². The molecule has 0 aromatic heterocycles. The van der Waals surface area contributed by atoms with Crippen LogP contribution in [0, 0.1) is 45.6 Å². The average Bonchev–Trinajstić information content (AvgIpc) is 2.42. The molecule has 5 nitrogen and oxygen atoms in total. The van der Waals surface area contributed by atoms with Gasteiger partial charge in [0.25, 0.3) is 0 Å². The average molecular weight is 260 g/mol. The monoisotopic (exact) mass is 260 g/mol. The van der Waals surface area contributed by atoms with Gasteiger partial charge in [0, 0.05) is 17.8 Å². The van der Waals surface area contributed by atoms with Crippen LogP contribution in [-0.4, -0.2) is 7.11 Å². The summed E-state index contributed by atoms with van der Waals surface area (Å²) in [6.45, 7) is 0. The minimum atomic E-state index is -1.19. The highest BCUT2D eigenvalue weighted by Gasteiger charge is 2.13. The van der Waals surface area contributed by atoms with Crippen molar-refractivity contribution in [2.45, 2.75) is 0 Å². The Morgan fingerprint density at radius 2 is 1.79 bits per heavy atom. The molecule has 0 saturated carbocycles. The van der Waals surface area contributed by atoms with Crippen LogP contribution < -0.4 is 10.1 Å². The predicted octanol–water partition coefficient (Wildman–Crippen LogP) is 2.21. The van der Waals surface area contributed by atoms with Crippen molar-refractivity contribution in [3.63, 3.8) is 0 Å². The Morgan fingerprint density at radius 1 is 1.16 bits per heavy atom. The summed E-state index contributed by atoms with van der Waals surface area (Å²) in [5, 5.41) is 28.4. The molecule has 94 valence electrons. The van der Waals surface area contributed by atoms with E-state index < -0.39 is 17.2 Å². The Hall–Kier alpha value is -3.11. The first-order chi connectivity index (χ1) is 9.07. The van der Waals surface area contributed by atoms with Gasteiger partial charge in [-0.05, 0) is 0 Å². The van der Waals surface area contributed by atoms with Gasteiger partial charge in [-0.15, -0.1) is 0 Å². The van der Waals surface area contributed by atoms with Crippen LogP contribution in [0.25, 0.3) is 0 Å². The summed E-state index contributed by atoms with van der Waals surface area (Å²) in [7, 11) is 1.15. The van der Waals surface area contributed by atoms with E-state index in [1.807, 2.05) is 0 Å². The number of hydrogen-bond donors (Lipinski definition) is 1. The molecule has 0 radical (unpaired) electrons. The summed E-state index contributed by atoms with van der Waals surface area (Å²) in [5.74, 6) is -2.72. The van der Waals surface area contributed by atoms with Crippen LogP contribution in [0.5, 0.6) is 5.75 Å². The molecule has 0 amide bonds. The molecule has 7 heteroatoms. The zero-order valence-corrected chi connectivity index (χ0v) is 9.66. The van der Waals surface area contributed by atoms with Gasteiger partial charge < -0.3 is 10.1 Å². The maximum atomic E-state index is 13.2. The SMILES string of the molecule is COc1cc(NC(C#N)=C(C#N)C#N)cc(F)c1F. The molecule has 0 spiro atoms. The van der Waals surface area contributed by atoms with Crippen molar-refractivity contribution in [1.82, 2.24) is 0 Å². The third kappa shape index (κ3) is 2.96. The lowest BCUT2D eigenvalue weighted by Gasteiger charge is -2.08. The lowest BCUT2D eigenvalue weighted by molar-refractivity contribution is 0.372. The predicted molar refractivity (Wildman–Crippen MR) is 60.4 cm³/mol. The van der Waals surface area contributed by atoms with E-state index in [4.69, 9.17) is 15.8 Å². The number of allylic oxidation sites excluding steroid dienone is 2. The fourth-order valence-electron chi connectivity index (χ4n) is 1.21. The van der Waals surface area contributed by atoms with Crippen molar-refractivity contribution in [3.8, 4) is 24.0 Å². The summed E-state index contributed by atoms with van der Waals surface area (Å²) < 4.78 is 31.0. The molecule has 1 aromatic rings. The molecule has 0 fully saturated rings. The molecular weight excluding hydrogens is 254 g/mol. The van der Waals surface area contributed by atoms with Crippen molar-refractivity contribution >= 4 is 5.69 Å². The first-order valence-corrected chi connectivity index (χ1v) is 4.82.